The molecule has 18 heavy (non-hydrogen) atoms. The molecule has 2 aromatic carbocycles. The van der Waals surface area contributed by atoms with Gasteiger partial charge in [0.25, 0.3) is 0 Å². The summed E-state index contributed by atoms with van der Waals surface area (Å²) in [6.07, 6.45) is 0. The minimum atomic E-state index is -0.0265. The molecule has 92 valence electrons. The van der Waals surface area contributed by atoms with Gasteiger partial charge in [0.1, 0.15) is 5.50 Å². The highest BCUT2D eigenvalue weighted by atomic mass is 35.5. The number of thioether (sulfide) groups is 1. The van der Waals surface area contributed by atoms with Crippen molar-refractivity contribution in [2.75, 3.05) is 4.90 Å². The molecule has 0 aliphatic carbocycles. The predicted octanol–water partition coefficient (Wildman–Crippen LogP) is 3.69. The van der Waals surface area contributed by atoms with E-state index in [0.29, 0.717) is 0 Å². The molecule has 0 amide bonds. The van der Waals surface area contributed by atoms with Crippen molar-refractivity contribution < 1.29 is 0 Å². The molecule has 1 atom stereocenters. The molecule has 0 spiro atoms. The first kappa shape index (κ1) is 11.9. The first-order chi connectivity index (χ1) is 8.74. The minimum Gasteiger partial charge on any atom is -0.342 e. The van der Waals surface area contributed by atoms with Crippen LogP contribution in [-0.2, 0) is 6.54 Å². The third-order valence-corrected chi connectivity index (χ3v) is 4.30. The van der Waals surface area contributed by atoms with Crippen LogP contribution in [0.5, 0.6) is 0 Å². The van der Waals surface area contributed by atoms with Gasteiger partial charge in [0.2, 0.25) is 0 Å². The Kier molecular flexibility index (Phi) is 3.20. The van der Waals surface area contributed by atoms with Crippen LogP contribution in [-0.4, -0.2) is 5.50 Å². The second kappa shape index (κ2) is 4.84. The topological polar surface area (TPSA) is 29.3 Å². The van der Waals surface area contributed by atoms with Crippen molar-refractivity contribution >= 4 is 29.1 Å². The number of anilines is 1. The summed E-state index contributed by atoms with van der Waals surface area (Å²) in [7, 11) is 0. The van der Waals surface area contributed by atoms with Crippen LogP contribution >= 0.6 is 23.4 Å². The van der Waals surface area contributed by atoms with Gasteiger partial charge in [-0.15, -0.1) is 0 Å². The SMILES string of the molecule is NC1Sc2ccccc2N1Cc1cccc(Cl)c1. The maximum absolute atomic E-state index is 6.17. The standard InChI is InChI=1S/C14H13ClN2S/c15-11-5-3-4-10(8-11)9-17-12-6-1-2-7-13(12)18-14(17)16/h1-8,14H,9,16H2. The summed E-state index contributed by atoms with van der Waals surface area (Å²) in [6.45, 7) is 0.783. The van der Waals surface area contributed by atoms with Gasteiger partial charge in [-0.2, -0.15) is 0 Å². The molecule has 0 saturated heterocycles. The van der Waals surface area contributed by atoms with Crippen LogP contribution in [0.15, 0.2) is 53.4 Å². The monoisotopic (exact) mass is 276 g/mol. The van der Waals surface area contributed by atoms with Crippen molar-refractivity contribution in [3.63, 3.8) is 0 Å². The van der Waals surface area contributed by atoms with Gasteiger partial charge >= 0.3 is 0 Å². The van der Waals surface area contributed by atoms with Crippen molar-refractivity contribution in [1.29, 1.82) is 0 Å². The highest BCUT2D eigenvalue weighted by Gasteiger charge is 2.26. The van der Waals surface area contributed by atoms with Crippen LogP contribution in [0.2, 0.25) is 5.02 Å². The maximum atomic E-state index is 6.17. The van der Waals surface area contributed by atoms with E-state index in [0.717, 1.165) is 11.6 Å². The minimum absolute atomic E-state index is 0.0265. The van der Waals surface area contributed by atoms with E-state index < -0.39 is 0 Å². The molecule has 0 bridgehead atoms. The summed E-state index contributed by atoms with van der Waals surface area (Å²) < 4.78 is 0. The third-order valence-electron chi connectivity index (χ3n) is 2.97. The zero-order valence-electron chi connectivity index (χ0n) is 9.71. The Morgan fingerprint density at radius 1 is 1.17 bits per heavy atom. The second-order valence-corrected chi connectivity index (χ2v) is 5.83. The molecule has 0 radical (unpaired) electrons. The van der Waals surface area contributed by atoms with Crippen molar-refractivity contribution in [2.24, 2.45) is 5.73 Å². The molecule has 1 aliphatic rings. The van der Waals surface area contributed by atoms with Crippen LogP contribution in [0.25, 0.3) is 0 Å². The summed E-state index contributed by atoms with van der Waals surface area (Å²) in [4.78, 5) is 3.44. The predicted molar refractivity (Wildman–Crippen MR) is 77.9 cm³/mol. The average Bonchev–Trinajstić information content (AvgIpc) is 2.66. The van der Waals surface area contributed by atoms with Crippen molar-refractivity contribution in [2.45, 2.75) is 16.9 Å². The molecule has 1 unspecified atom stereocenters. The van der Waals surface area contributed by atoms with Gasteiger partial charge < -0.3 is 10.6 Å². The van der Waals surface area contributed by atoms with Crippen LogP contribution in [0.3, 0.4) is 0 Å². The normalized spacial score (nSPS) is 17.9. The molecule has 2 N–H and O–H groups in total. The first-order valence-corrected chi connectivity index (χ1v) is 7.02. The first-order valence-electron chi connectivity index (χ1n) is 5.76. The van der Waals surface area contributed by atoms with Crippen LogP contribution in [0, 0.1) is 0 Å². The zero-order chi connectivity index (χ0) is 12.5. The Morgan fingerprint density at radius 3 is 2.83 bits per heavy atom. The number of halogens is 1. The molecular formula is C14H13ClN2S. The van der Waals surface area contributed by atoms with Gasteiger partial charge in [0.05, 0.1) is 5.69 Å². The number of hydrogen-bond acceptors (Lipinski definition) is 3. The second-order valence-electron chi connectivity index (χ2n) is 4.23. The lowest BCUT2D eigenvalue weighted by molar-refractivity contribution is 0.779. The van der Waals surface area contributed by atoms with Crippen molar-refractivity contribution in [1.82, 2.24) is 0 Å². The summed E-state index contributed by atoms with van der Waals surface area (Å²) in [6, 6.07) is 16.2. The van der Waals surface area contributed by atoms with E-state index in [1.54, 1.807) is 11.8 Å². The molecule has 2 aromatic rings. The highest BCUT2D eigenvalue weighted by molar-refractivity contribution is 8.00. The van der Waals surface area contributed by atoms with Crippen LogP contribution < -0.4 is 10.6 Å². The molecule has 0 fully saturated rings. The summed E-state index contributed by atoms with van der Waals surface area (Å²) >= 11 is 7.71. The zero-order valence-corrected chi connectivity index (χ0v) is 11.3. The lowest BCUT2D eigenvalue weighted by atomic mass is 10.2. The largest absolute Gasteiger partial charge is 0.342 e. The van der Waals surface area contributed by atoms with E-state index in [-0.39, 0.29) is 5.50 Å². The highest BCUT2D eigenvalue weighted by Crippen LogP contribution is 2.41. The van der Waals surface area contributed by atoms with Gasteiger partial charge in [-0.3, -0.25) is 0 Å². The Hall–Kier alpha value is -1.16. The number of para-hydroxylation sites is 1. The Balaban J connectivity index is 1.89. The van der Waals surface area contributed by atoms with E-state index in [1.807, 2.05) is 30.3 Å². The summed E-state index contributed by atoms with van der Waals surface area (Å²) in [5.74, 6) is 0. The van der Waals surface area contributed by atoms with Crippen molar-refractivity contribution in [3.05, 3.63) is 59.1 Å². The smallest absolute Gasteiger partial charge is 0.130 e. The number of nitrogens with zero attached hydrogens (tertiary/aromatic N) is 1. The number of benzene rings is 2. The number of rotatable bonds is 2. The Labute approximate surface area is 116 Å². The molecule has 1 heterocycles. The molecular weight excluding hydrogens is 264 g/mol. The lowest BCUT2D eigenvalue weighted by Crippen LogP contribution is -2.35. The van der Waals surface area contributed by atoms with E-state index in [2.05, 4.69) is 23.1 Å². The molecule has 0 aromatic heterocycles. The molecule has 2 nitrogen and oxygen atoms in total. The van der Waals surface area contributed by atoms with Gasteiger partial charge in [-0.25, -0.2) is 0 Å². The van der Waals surface area contributed by atoms with E-state index in [1.165, 1.54) is 16.1 Å². The van der Waals surface area contributed by atoms with E-state index in [9.17, 15) is 0 Å². The molecule has 1 aliphatic heterocycles. The number of hydrogen-bond donors (Lipinski definition) is 1. The van der Waals surface area contributed by atoms with Crippen LogP contribution in [0.1, 0.15) is 5.56 Å². The fourth-order valence-corrected chi connectivity index (χ4v) is 3.38. The number of nitrogens with two attached hydrogens (primary N) is 1. The van der Waals surface area contributed by atoms with Gasteiger partial charge in [-0.05, 0) is 29.8 Å². The van der Waals surface area contributed by atoms with Gasteiger partial charge in [0, 0.05) is 16.5 Å². The fraction of sp³-hybridized carbons (Fsp3) is 0.143. The summed E-state index contributed by atoms with van der Waals surface area (Å²) in [5, 5.41) is 0.765. The van der Waals surface area contributed by atoms with Gasteiger partial charge in [-0.1, -0.05) is 47.6 Å². The Morgan fingerprint density at radius 2 is 2.00 bits per heavy atom. The third kappa shape index (κ3) is 2.21. The quantitative estimate of drug-likeness (QED) is 0.907. The van der Waals surface area contributed by atoms with Gasteiger partial charge in [0.15, 0.2) is 0 Å². The van der Waals surface area contributed by atoms with Crippen LogP contribution in [0.4, 0.5) is 5.69 Å². The molecule has 0 saturated carbocycles. The average molecular weight is 277 g/mol. The van der Waals surface area contributed by atoms with Crippen molar-refractivity contribution in [3.8, 4) is 0 Å². The molecule has 4 heteroatoms. The summed E-state index contributed by atoms with van der Waals surface area (Å²) in [5.41, 5.74) is 8.52. The Bertz CT molecular complexity index is 573. The van der Waals surface area contributed by atoms with E-state index in [4.69, 9.17) is 17.3 Å². The van der Waals surface area contributed by atoms with E-state index >= 15 is 0 Å². The number of fused-ring (bicyclic) bond motifs is 1. The fourth-order valence-electron chi connectivity index (χ4n) is 2.13. The lowest BCUT2D eigenvalue weighted by Gasteiger charge is -2.23. The maximum Gasteiger partial charge on any atom is 0.130 e. The molecule has 3 rings (SSSR count).